The molecule has 1 aliphatic rings. The van der Waals surface area contributed by atoms with Gasteiger partial charge in [-0.2, -0.15) is 0 Å². The number of benzene rings is 3. The molecule has 8 heteroatoms. The molecule has 3 aromatic rings. The van der Waals surface area contributed by atoms with Crippen molar-refractivity contribution in [1.29, 1.82) is 0 Å². The minimum absolute atomic E-state index is 0.0865. The number of piperazine rings is 1. The molecule has 1 fully saturated rings. The summed E-state index contributed by atoms with van der Waals surface area (Å²) in [6.45, 7) is 7.40. The molecule has 0 saturated carbocycles. The molecular formula is C29H32ClN3O4. The number of hydrogen-bond donors (Lipinski definition) is 1. The Balaban J connectivity index is 1.31. The SMILES string of the molecule is COc1ccc(Cl)cc1C(=O)N1CCN(c2ccc(NC(=O)c3ccc(OCC(C)C)cc3)cc2)CC1. The van der Waals surface area contributed by atoms with Crippen LogP contribution in [0.3, 0.4) is 0 Å². The summed E-state index contributed by atoms with van der Waals surface area (Å²) in [7, 11) is 1.55. The second-order valence-electron chi connectivity index (χ2n) is 9.35. The zero-order valence-corrected chi connectivity index (χ0v) is 22.1. The lowest BCUT2D eigenvalue weighted by Gasteiger charge is -2.36. The maximum Gasteiger partial charge on any atom is 0.257 e. The van der Waals surface area contributed by atoms with Crippen LogP contribution < -0.4 is 19.7 Å². The number of amides is 2. The lowest BCUT2D eigenvalue weighted by molar-refractivity contribution is 0.0743. The van der Waals surface area contributed by atoms with Crippen LogP contribution in [0.1, 0.15) is 34.6 Å². The Labute approximate surface area is 222 Å². The molecule has 7 nitrogen and oxygen atoms in total. The summed E-state index contributed by atoms with van der Waals surface area (Å²) < 4.78 is 11.0. The smallest absolute Gasteiger partial charge is 0.257 e. The van der Waals surface area contributed by atoms with Crippen molar-refractivity contribution in [3.63, 3.8) is 0 Å². The highest BCUT2D eigenvalue weighted by atomic mass is 35.5. The third kappa shape index (κ3) is 6.74. The van der Waals surface area contributed by atoms with E-state index in [2.05, 4.69) is 24.1 Å². The minimum Gasteiger partial charge on any atom is -0.496 e. The fraction of sp³-hybridized carbons (Fsp3) is 0.310. The Bertz CT molecular complexity index is 1220. The highest BCUT2D eigenvalue weighted by Crippen LogP contribution is 2.26. The average Bonchev–Trinajstić information content (AvgIpc) is 2.92. The van der Waals surface area contributed by atoms with Gasteiger partial charge in [-0.15, -0.1) is 0 Å². The molecule has 0 atom stereocenters. The van der Waals surface area contributed by atoms with Gasteiger partial charge in [0.25, 0.3) is 11.8 Å². The number of rotatable bonds is 8. The summed E-state index contributed by atoms with van der Waals surface area (Å²) in [5.74, 6) is 1.45. The molecule has 0 aromatic heterocycles. The van der Waals surface area contributed by atoms with Crippen LogP contribution in [0.15, 0.2) is 66.7 Å². The van der Waals surface area contributed by atoms with Crippen LogP contribution in [0.2, 0.25) is 5.02 Å². The first kappa shape index (κ1) is 26.4. The van der Waals surface area contributed by atoms with E-state index in [1.165, 1.54) is 0 Å². The standard InChI is InChI=1S/C29H32ClN3O4/c1-20(2)19-37-25-11-4-21(5-12-25)28(34)31-23-7-9-24(10-8-23)32-14-16-33(17-15-32)29(35)26-18-22(30)6-13-27(26)36-3/h4-13,18,20H,14-17,19H2,1-3H3,(H,31,34). The monoisotopic (exact) mass is 521 g/mol. The van der Waals surface area contributed by atoms with Crippen LogP contribution in [0.4, 0.5) is 11.4 Å². The average molecular weight is 522 g/mol. The number of nitrogens with one attached hydrogen (secondary N) is 1. The van der Waals surface area contributed by atoms with Crippen molar-refractivity contribution >= 4 is 34.8 Å². The Kier molecular flexibility index (Phi) is 8.56. The van der Waals surface area contributed by atoms with Gasteiger partial charge in [0, 0.05) is 48.1 Å². The summed E-state index contributed by atoms with van der Waals surface area (Å²) in [5, 5.41) is 3.44. The molecule has 0 spiro atoms. The minimum atomic E-state index is -0.174. The quantitative estimate of drug-likeness (QED) is 0.418. The van der Waals surface area contributed by atoms with Crippen molar-refractivity contribution in [2.24, 2.45) is 5.92 Å². The second-order valence-corrected chi connectivity index (χ2v) is 9.79. The van der Waals surface area contributed by atoms with Gasteiger partial charge in [0.2, 0.25) is 0 Å². The third-order valence-electron chi connectivity index (χ3n) is 6.15. The van der Waals surface area contributed by atoms with Gasteiger partial charge in [-0.25, -0.2) is 0 Å². The number of carbonyl (C=O) groups excluding carboxylic acids is 2. The van der Waals surface area contributed by atoms with E-state index in [0.29, 0.717) is 60.6 Å². The lowest BCUT2D eigenvalue weighted by Crippen LogP contribution is -2.48. The molecular weight excluding hydrogens is 490 g/mol. The van der Waals surface area contributed by atoms with E-state index in [9.17, 15) is 9.59 Å². The topological polar surface area (TPSA) is 71.1 Å². The van der Waals surface area contributed by atoms with Crippen LogP contribution >= 0.6 is 11.6 Å². The van der Waals surface area contributed by atoms with Crippen LogP contribution in [-0.4, -0.2) is 56.6 Å². The van der Waals surface area contributed by atoms with Crippen molar-refractivity contribution < 1.29 is 19.1 Å². The molecule has 0 radical (unpaired) electrons. The van der Waals surface area contributed by atoms with Gasteiger partial charge in [0.1, 0.15) is 11.5 Å². The van der Waals surface area contributed by atoms with Crippen LogP contribution in [-0.2, 0) is 0 Å². The largest absolute Gasteiger partial charge is 0.496 e. The van der Waals surface area contributed by atoms with Crippen molar-refractivity contribution in [2.45, 2.75) is 13.8 Å². The van der Waals surface area contributed by atoms with E-state index in [1.807, 2.05) is 41.3 Å². The first-order valence-electron chi connectivity index (χ1n) is 12.4. The molecule has 3 aromatic carbocycles. The van der Waals surface area contributed by atoms with Crippen LogP contribution in [0, 0.1) is 5.92 Å². The predicted molar refractivity (Wildman–Crippen MR) is 147 cm³/mol. The molecule has 1 heterocycles. The summed E-state index contributed by atoms with van der Waals surface area (Å²) in [4.78, 5) is 29.7. The molecule has 4 rings (SSSR count). The first-order valence-corrected chi connectivity index (χ1v) is 12.7. The number of anilines is 2. The predicted octanol–water partition coefficient (Wildman–Crippen LogP) is 5.60. The van der Waals surface area contributed by atoms with Gasteiger partial charge >= 0.3 is 0 Å². The van der Waals surface area contributed by atoms with Crippen LogP contribution in [0.5, 0.6) is 11.5 Å². The Hall–Kier alpha value is -3.71. The Morgan fingerprint density at radius 2 is 1.62 bits per heavy atom. The second kappa shape index (κ2) is 12.0. The molecule has 37 heavy (non-hydrogen) atoms. The number of methoxy groups -OCH3 is 1. The van der Waals surface area contributed by atoms with E-state index in [-0.39, 0.29) is 11.8 Å². The fourth-order valence-corrected chi connectivity index (χ4v) is 4.28. The van der Waals surface area contributed by atoms with Gasteiger partial charge in [-0.05, 0) is 72.6 Å². The van der Waals surface area contributed by atoms with Crippen molar-refractivity contribution in [3.8, 4) is 11.5 Å². The molecule has 1 aliphatic heterocycles. The normalized spacial score (nSPS) is 13.4. The summed E-state index contributed by atoms with van der Waals surface area (Å²) in [5.41, 5.74) is 2.80. The molecule has 0 unspecified atom stereocenters. The van der Waals surface area contributed by atoms with Gasteiger partial charge in [0.05, 0.1) is 19.3 Å². The number of carbonyl (C=O) groups is 2. The number of halogens is 1. The van der Waals surface area contributed by atoms with Gasteiger partial charge in [0.15, 0.2) is 0 Å². The van der Waals surface area contributed by atoms with E-state index in [4.69, 9.17) is 21.1 Å². The van der Waals surface area contributed by atoms with Gasteiger partial charge in [-0.3, -0.25) is 9.59 Å². The van der Waals surface area contributed by atoms with Crippen molar-refractivity contribution in [3.05, 3.63) is 82.9 Å². The zero-order chi connectivity index (χ0) is 26.4. The first-order chi connectivity index (χ1) is 17.8. The molecule has 0 aliphatic carbocycles. The fourth-order valence-electron chi connectivity index (χ4n) is 4.11. The number of nitrogens with zero attached hydrogens (tertiary/aromatic N) is 2. The maximum atomic E-state index is 13.0. The van der Waals surface area contributed by atoms with Crippen molar-refractivity contribution in [2.75, 3.05) is 50.1 Å². The molecule has 194 valence electrons. The van der Waals surface area contributed by atoms with Gasteiger partial charge in [-0.1, -0.05) is 25.4 Å². The molecule has 1 N–H and O–H groups in total. The maximum absolute atomic E-state index is 13.0. The lowest BCUT2D eigenvalue weighted by atomic mass is 10.1. The van der Waals surface area contributed by atoms with E-state index in [0.717, 1.165) is 17.1 Å². The summed E-state index contributed by atoms with van der Waals surface area (Å²) >= 11 is 6.10. The van der Waals surface area contributed by atoms with E-state index in [1.54, 1.807) is 37.4 Å². The summed E-state index contributed by atoms with van der Waals surface area (Å²) in [6.07, 6.45) is 0. The molecule has 0 bridgehead atoms. The summed E-state index contributed by atoms with van der Waals surface area (Å²) in [6, 6.07) is 20.0. The highest BCUT2D eigenvalue weighted by Gasteiger charge is 2.24. The van der Waals surface area contributed by atoms with E-state index < -0.39 is 0 Å². The molecule has 1 saturated heterocycles. The Morgan fingerprint density at radius 1 is 0.946 bits per heavy atom. The van der Waals surface area contributed by atoms with Gasteiger partial charge < -0.3 is 24.6 Å². The zero-order valence-electron chi connectivity index (χ0n) is 21.4. The number of ether oxygens (including phenoxy) is 2. The number of hydrogen-bond acceptors (Lipinski definition) is 5. The Morgan fingerprint density at radius 3 is 2.24 bits per heavy atom. The van der Waals surface area contributed by atoms with Crippen LogP contribution in [0.25, 0.3) is 0 Å². The van der Waals surface area contributed by atoms with E-state index >= 15 is 0 Å². The van der Waals surface area contributed by atoms with Crippen molar-refractivity contribution in [1.82, 2.24) is 4.90 Å². The highest BCUT2D eigenvalue weighted by molar-refractivity contribution is 6.31. The molecule has 2 amide bonds. The third-order valence-corrected chi connectivity index (χ3v) is 6.38.